The molecule has 0 aliphatic heterocycles. The van der Waals surface area contributed by atoms with E-state index in [1.807, 2.05) is 36.5 Å². The number of benzene rings is 2. The Morgan fingerprint density at radius 3 is 2.56 bits per heavy atom. The Hall–Kier alpha value is -3.92. The number of hydrogen-bond acceptors (Lipinski definition) is 4. The Kier molecular flexibility index (Phi) is 3.99. The lowest BCUT2D eigenvalue weighted by atomic mass is 9.82. The molecule has 6 rings (SSSR count). The zero-order valence-corrected chi connectivity index (χ0v) is 18.2. The van der Waals surface area contributed by atoms with Crippen molar-refractivity contribution in [2.24, 2.45) is 0 Å². The first-order valence-electron chi connectivity index (χ1n) is 10.7. The summed E-state index contributed by atoms with van der Waals surface area (Å²) in [5.74, 6) is 0.717. The molecule has 4 nitrogen and oxygen atoms in total. The van der Waals surface area contributed by atoms with Crippen molar-refractivity contribution < 1.29 is 8.83 Å². The summed E-state index contributed by atoms with van der Waals surface area (Å²) < 4.78 is 11.6. The lowest BCUT2D eigenvalue weighted by Crippen LogP contribution is -2.12. The Morgan fingerprint density at radius 1 is 0.812 bits per heavy atom. The van der Waals surface area contributed by atoms with Crippen molar-refractivity contribution in [2.45, 2.75) is 26.2 Å². The fraction of sp³-hybridized carbons (Fsp3) is 0.143. The fourth-order valence-corrected chi connectivity index (χ4v) is 4.38. The second-order valence-corrected chi connectivity index (χ2v) is 9.18. The van der Waals surface area contributed by atoms with Gasteiger partial charge in [-0.3, -0.25) is 4.98 Å². The second-order valence-electron chi connectivity index (χ2n) is 9.18. The number of hydrogen-bond donors (Lipinski definition) is 0. The van der Waals surface area contributed by atoms with Crippen LogP contribution >= 0.6 is 0 Å². The third kappa shape index (κ3) is 2.99. The molecule has 0 saturated heterocycles. The van der Waals surface area contributed by atoms with Gasteiger partial charge in [-0.05, 0) is 58.1 Å². The van der Waals surface area contributed by atoms with Crippen LogP contribution in [0.1, 0.15) is 26.3 Å². The predicted molar refractivity (Wildman–Crippen MR) is 129 cm³/mol. The molecule has 6 aromatic rings. The van der Waals surface area contributed by atoms with Gasteiger partial charge in [-0.2, -0.15) is 0 Å². The Morgan fingerprint density at radius 2 is 1.69 bits per heavy atom. The van der Waals surface area contributed by atoms with E-state index in [0.717, 1.165) is 39.0 Å². The zero-order valence-electron chi connectivity index (χ0n) is 18.2. The van der Waals surface area contributed by atoms with Gasteiger partial charge >= 0.3 is 0 Å². The van der Waals surface area contributed by atoms with E-state index in [-0.39, 0.29) is 5.41 Å². The van der Waals surface area contributed by atoms with E-state index >= 15 is 0 Å². The molecule has 4 aromatic heterocycles. The topological polar surface area (TPSA) is 52.1 Å². The van der Waals surface area contributed by atoms with Crippen LogP contribution in [-0.4, -0.2) is 9.97 Å². The molecule has 0 bridgehead atoms. The van der Waals surface area contributed by atoms with Gasteiger partial charge < -0.3 is 8.83 Å². The maximum absolute atomic E-state index is 6.19. The molecule has 0 aliphatic carbocycles. The molecule has 0 aliphatic rings. The van der Waals surface area contributed by atoms with E-state index in [4.69, 9.17) is 13.8 Å². The van der Waals surface area contributed by atoms with Crippen LogP contribution < -0.4 is 0 Å². The highest BCUT2D eigenvalue weighted by Crippen LogP contribution is 2.38. The highest BCUT2D eigenvalue weighted by atomic mass is 16.3. The van der Waals surface area contributed by atoms with E-state index in [1.54, 1.807) is 6.26 Å². The van der Waals surface area contributed by atoms with Crippen molar-refractivity contribution in [2.75, 3.05) is 0 Å². The normalized spacial score (nSPS) is 12.2. The van der Waals surface area contributed by atoms with Gasteiger partial charge in [-0.1, -0.05) is 45.0 Å². The number of aromatic nitrogens is 2. The van der Waals surface area contributed by atoms with Crippen LogP contribution in [0, 0.1) is 0 Å². The molecular formula is C28H22N2O2. The smallest absolute Gasteiger partial charge is 0.153 e. The van der Waals surface area contributed by atoms with Crippen LogP contribution in [0.15, 0.2) is 88.0 Å². The third-order valence-electron chi connectivity index (χ3n) is 5.95. The largest absolute Gasteiger partial charge is 0.463 e. The summed E-state index contributed by atoms with van der Waals surface area (Å²) in [7, 11) is 0. The lowest BCUT2D eigenvalue weighted by Gasteiger charge is -2.22. The summed E-state index contributed by atoms with van der Waals surface area (Å²) in [5, 5.41) is 3.47. The maximum Gasteiger partial charge on any atom is 0.153 e. The van der Waals surface area contributed by atoms with Crippen LogP contribution in [0.5, 0.6) is 0 Å². The van der Waals surface area contributed by atoms with E-state index in [9.17, 15) is 0 Å². The van der Waals surface area contributed by atoms with Crippen molar-refractivity contribution in [3.05, 3.63) is 84.8 Å². The highest BCUT2D eigenvalue weighted by Gasteiger charge is 2.20. The van der Waals surface area contributed by atoms with Crippen molar-refractivity contribution in [1.82, 2.24) is 9.97 Å². The lowest BCUT2D eigenvalue weighted by molar-refractivity contribution is 0.596. The van der Waals surface area contributed by atoms with Gasteiger partial charge in [-0.25, -0.2) is 4.98 Å². The van der Waals surface area contributed by atoms with Crippen LogP contribution in [0.3, 0.4) is 0 Å². The van der Waals surface area contributed by atoms with E-state index in [2.05, 4.69) is 62.2 Å². The van der Waals surface area contributed by atoms with Crippen molar-refractivity contribution in [3.63, 3.8) is 0 Å². The Labute approximate surface area is 185 Å². The first-order valence-corrected chi connectivity index (χ1v) is 10.7. The number of fused-ring (bicyclic) bond motifs is 3. The number of furan rings is 2. The molecule has 0 unspecified atom stereocenters. The van der Waals surface area contributed by atoms with Gasteiger partial charge in [0.05, 0.1) is 12.0 Å². The molecule has 0 N–H and O–H groups in total. The Bertz CT molecular complexity index is 1620. The molecule has 0 spiro atoms. The second kappa shape index (κ2) is 6.79. The fourth-order valence-electron chi connectivity index (χ4n) is 4.38. The van der Waals surface area contributed by atoms with Crippen LogP contribution in [0.25, 0.3) is 55.6 Å². The monoisotopic (exact) mass is 418 g/mol. The summed E-state index contributed by atoms with van der Waals surface area (Å²) >= 11 is 0. The van der Waals surface area contributed by atoms with Crippen LogP contribution in [-0.2, 0) is 5.41 Å². The molecule has 4 heteroatoms. The number of pyridine rings is 2. The minimum Gasteiger partial charge on any atom is -0.463 e. The molecule has 2 aromatic carbocycles. The minimum absolute atomic E-state index is 0.00892. The summed E-state index contributed by atoms with van der Waals surface area (Å²) in [6, 6.07) is 22.7. The van der Waals surface area contributed by atoms with Crippen molar-refractivity contribution in [3.8, 4) is 22.7 Å². The zero-order chi connectivity index (χ0) is 21.9. The standard InChI is InChI=1S/C28H22N2O2/c1-28(2,3)21-15-18(14-17-6-4-5-7-19(17)21)27-20-16-26(32-24(20)10-12-29-27)22-8-9-25-23(30-22)11-13-31-25/h4-16H,1-3H3. The highest BCUT2D eigenvalue weighted by molar-refractivity contribution is 5.98. The first kappa shape index (κ1) is 18.8. The van der Waals surface area contributed by atoms with Crippen molar-refractivity contribution in [1.29, 1.82) is 0 Å². The SMILES string of the molecule is CC(C)(C)c1cc(-c2nccc3oc(-c4ccc5occc5n4)cc23)cc2ccccc12. The molecule has 0 saturated carbocycles. The molecule has 0 radical (unpaired) electrons. The molecule has 4 heterocycles. The average Bonchev–Trinajstić information content (AvgIpc) is 3.43. The van der Waals surface area contributed by atoms with E-state index in [0.29, 0.717) is 5.76 Å². The van der Waals surface area contributed by atoms with E-state index < -0.39 is 0 Å². The molecule has 0 atom stereocenters. The molecule has 0 fully saturated rings. The quantitative estimate of drug-likeness (QED) is 0.288. The first-order chi connectivity index (χ1) is 15.5. The summed E-state index contributed by atoms with van der Waals surface area (Å²) in [4.78, 5) is 9.44. The number of nitrogens with zero attached hydrogens (tertiary/aromatic N) is 2. The van der Waals surface area contributed by atoms with Gasteiger partial charge in [0.15, 0.2) is 11.3 Å². The van der Waals surface area contributed by atoms with Crippen LogP contribution in [0.4, 0.5) is 0 Å². The third-order valence-corrected chi connectivity index (χ3v) is 5.95. The van der Waals surface area contributed by atoms with Gasteiger partial charge in [0.2, 0.25) is 0 Å². The summed E-state index contributed by atoms with van der Waals surface area (Å²) in [6.07, 6.45) is 3.46. The van der Waals surface area contributed by atoms with Gasteiger partial charge in [0.1, 0.15) is 16.8 Å². The molecular weight excluding hydrogens is 396 g/mol. The maximum atomic E-state index is 6.19. The van der Waals surface area contributed by atoms with Gasteiger partial charge in [0, 0.05) is 23.2 Å². The minimum atomic E-state index is 0.00892. The summed E-state index contributed by atoms with van der Waals surface area (Å²) in [6.45, 7) is 6.75. The van der Waals surface area contributed by atoms with Crippen LogP contribution in [0.2, 0.25) is 0 Å². The Balaban J connectivity index is 1.56. The summed E-state index contributed by atoms with van der Waals surface area (Å²) in [5.41, 5.74) is 6.46. The van der Waals surface area contributed by atoms with Gasteiger partial charge in [0.25, 0.3) is 0 Å². The number of rotatable bonds is 2. The van der Waals surface area contributed by atoms with Gasteiger partial charge in [-0.15, -0.1) is 0 Å². The molecule has 156 valence electrons. The predicted octanol–water partition coefficient (Wildman–Crippen LogP) is 7.75. The van der Waals surface area contributed by atoms with Crippen molar-refractivity contribution >= 4 is 32.8 Å². The average molecular weight is 418 g/mol. The van der Waals surface area contributed by atoms with E-state index in [1.165, 1.54) is 16.3 Å². The molecule has 32 heavy (non-hydrogen) atoms. The molecule has 0 amide bonds.